The number of ether oxygens (including phenoxy) is 1. The molecule has 1 aliphatic heterocycles. The number of halogens is 1. The summed E-state index contributed by atoms with van der Waals surface area (Å²) < 4.78 is 22.0. The van der Waals surface area contributed by atoms with Gasteiger partial charge in [-0.3, -0.25) is 9.78 Å². The molecule has 0 aliphatic carbocycles. The molecule has 1 saturated heterocycles. The van der Waals surface area contributed by atoms with Gasteiger partial charge in [-0.2, -0.15) is 5.10 Å². The van der Waals surface area contributed by atoms with Gasteiger partial charge in [-0.15, -0.1) is 0 Å². The lowest BCUT2D eigenvalue weighted by Gasteiger charge is -2.22. The predicted octanol–water partition coefficient (Wildman–Crippen LogP) is 4.23. The Morgan fingerprint density at radius 3 is 2.78 bits per heavy atom. The highest BCUT2D eigenvalue weighted by Crippen LogP contribution is 2.22. The van der Waals surface area contributed by atoms with E-state index in [1.54, 1.807) is 29.2 Å². The number of amides is 1. The number of benzene rings is 2. The summed E-state index contributed by atoms with van der Waals surface area (Å²) in [6.07, 6.45) is 7.49. The van der Waals surface area contributed by atoms with Crippen LogP contribution in [0.3, 0.4) is 0 Å². The summed E-state index contributed by atoms with van der Waals surface area (Å²) in [6.45, 7) is 1.92. The summed E-state index contributed by atoms with van der Waals surface area (Å²) in [5.74, 6) is -0.192. The molecule has 9 heteroatoms. The fourth-order valence-corrected chi connectivity index (χ4v) is 4.66. The molecule has 0 unspecified atom stereocenters. The monoisotopic (exact) mass is 496 g/mol. The minimum Gasteiger partial charge on any atom is -0.381 e. The van der Waals surface area contributed by atoms with Crippen LogP contribution in [0.4, 0.5) is 4.39 Å². The number of hydrogen-bond acceptors (Lipinski definition) is 6. The van der Waals surface area contributed by atoms with Gasteiger partial charge in [0.05, 0.1) is 29.2 Å². The Morgan fingerprint density at radius 1 is 1.05 bits per heavy atom. The lowest BCUT2D eigenvalue weighted by Crippen LogP contribution is -2.32. The number of fused-ring (bicyclic) bond motifs is 2. The second-order valence-corrected chi connectivity index (χ2v) is 9.27. The van der Waals surface area contributed by atoms with Crippen LogP contribution in [0, 0.1) is 11.7 Å². The second-order valence-electron chi connectivity index (χ2n) is 9.27. The molecule has 1 amide bonds. The molecular formula is C28H25FN6O2. The minimum absolute atomic E-state index is 0.0129. The molecule has 2 aromatic carbocycles. The van der Waals surface area contributed by atoms with Gasteiger partial charge in [-0.1, -0.05) is 18.2 Å². The molecule has 6 rings (SSSR count). The van der Waals surface area contributed by atoms with Crippen molar-refractivity contribution in [3.8, 4) is 11.3 Å². The topological polar surface area (TPSA) is 94.3 Å². The minimum atomic E-state index is -0.598. The van der Waals surface area contributed by atoms with E-state index < -0.39 is 11.7 Å². The summed E-state index contributed by atoms with van der Waals surface area (Å²) in [5.41, 5.74) is 3.92. The lowest BCUT2D eigenvalue weighted by atomic mass is 10.0. The number of nitrogens with one attached hydrogen (secondary N) is 1. The molecule has 4 heterocycles. The number of rotatable bonds is 6. The molecular weight excluding hydrogens is 471 g/mol. The average molecular weight is 497 g/mol. The fourth-order valence-electron chi connectivity index (χ4n) is 4.66. The predicted molar refractivity (Wildman–Crippen MR) is 137 cm³/mol. The normalized spacial score (nSPS) is 14.3. The number of hydrogen-bond donors (Lipinski definition) is 1. The van der Waals surface area contributed by atoms with Crippen LogP contribution in [-0.4, -0.2) is 50.2 Å². The standard InChI is InChI=1S/C28H25FN6O2/c29-24-14-21(4-5-23(24)27(36)31-15-18-7-10-37-11-8-18)26-17-33-28-32-16-22(35(28)34-26)13-19-3-6-25-20(12-19)2-1-9-30-25/h1-6,9,12,14,16-18H,7-8,10-11,13,15H2,(H,31,36). The quantitative estimate of drug-likeness (QED) is 0.378. The van der Waals surface area contributed by atoms with Crippen molar-refractivity contribution in [2.75, 3.05) is 19.8 Å². The van der Waals surface area contributed by atoms with Gasteiger partial charge in [0.2, 0.25) is 0 Å². The maximum Gasteiger partial charge on any atom is 0.254 e. The van der Waals surface area contributed by atoms with E-state index in [1.807, 2.05) is 24.3 Å². The molecule has 1 fully saturated rings. The van der Waals surface area contributed by atoms with Crippen molar-refractivity contribution in [2.24, 2.45) is 5.92 Å². The first-order valence-electron chi connectivity index (χ1n) is 12.3. The molecule has 5 aromatic rings. The summed E-state index contributed by atoms with van der Waals surface area (Å²) >= 11 is 0. The SMILES string of the molecule is O=C(NCC1CCOCC1)c1ccc(-c2cnc3ncc(Cc4ccc5ncccc5c4)n3n2)cc1F. The Kier molecular flexibility index (Phi) is 6.28. The second kappa shape index (κ2) is 10.0. The number of carbonyl (C=O) groups excluding carboxylic acids is 1. The maximum atomic E-state index is 14.9. The highest BCUT2D eigenvalue weighted by atomic mass is 19.1. The molecule has 0 bridgehead atoms. The van der Waals surface area contributed by atoms with Crippen LogP contribution < -0.4 is 5.32 Å². The van der Waals surface area contributed by atoms with E-state index in [2.05, 4.69) is 31.4 Å². The zero-order valence-electron chi connectivity index (χ0n) is 20.1. The smallest absolute Gasteiger partial charge is 0.254 e. The molecule has 0 saturated carbocycles. The zero-order valence-corrected chi connectivity index (χ0v) is 20.1. The number of aromatic nitrogens is 5. The molecule has 186 valence electrons. The number of imidazole rings is 1. The van der Waals surface area contributed by atoms with Crippen LogP contribution in [0.2, 0.25) is 0 Å². The van der Waals surface area contributed by atoms with E-state index in [0.717, 1.165) is 35.0 Å². The third-order valence-electron chi connectivity index (χ3n) is 6.75. The maximum absolute atomic E-state index is 14.9. The molecule has 1 aliphatic rings. The lowest BCUT2D eigenvalue weighted by molar-refractivity contribution is 0.0642. The highest BCUT2D eigenvalue weighted by molar-refractivity contribution is 5.95. The van der Waals surface area contributed by atoms with Crippen LogP contribution >= 0.6 is 0 Å². The Labute approximate surface area is 212 Å². The largest absolute Gasteiger partial charge is 0.381 e. The number of nitrogens with zero attached hydrogens (tertiary/aromatic N) is 5. The fraction of sp³-hybridized carbons (Fsp3) is 0.250. The molecule has 37 heavy (non-hydrogen) atoms. The van der Waals surface area contributed by atoms with Crippen molar-refractivity contribution in [3.63, 3.8) is 0 Å². The van der Waals surface area contributed by atoms with E-state index in [4.69, 9.17) is 4.74 Å². The van der Waals surface area contributed by atoms with E-state index in [9.17, 15) is 9.18 Å². The summed E-state index contributed by atoms with van der Waals surface area (Å²) in [7, 11) is 0. The van der Waals surface area contributed by atoms with E-state index in [0.29, 0.717) is 49.1 Å². The van der Waals surface area contributed by atoms with Gasteiger partial charge in [-0.25, -0.2) is 18.9 Å². The van der Waals surface area contributed by atoms with Gasteiger partial charge in [0, 0.05) is 43.3 Å². The molecule has 1 N–H and O–H groups in total. The summed E-state index contributed by atoms with van der Waals surface area (Å²) in [5, 5.41) is 8.59. The van der Waals surface area contributed by atoms with Crippen molar-refractivity contribution < 1.29 is 13.9 Å². The highest BCUT2D eigenvalue weighted by Gasteiger charge is 2.18. The van der Waals surface area contributed by atoms with Gasteiger partial charge >= 0.3 is 0 Å². The first-order valence-corrected chi connectivity index (χ1v) is 12.3. The first kappa shape index (κ1) is 23.2. The average Bonchev–Trinajstić information content (AvgIpc) is 3.34. The zero-order chi connectivity index (χ0) is 25.2. The van der Waals surface area contributed by atoms with Crippen molar-refractivity contribution in [1.82, 2.24) is 29.9 Å². The van der Waals surface area contributed by atoms with Crippen LogP contribution in [0.5, 0.6) is 0 Å². The molecule has 0 atom stereocenters. The van der Waals surface area contributed by atoms with E-state index >= 15 is 0 Å². The van der Waals surface area contributed by atoms with Crippen molar-refractivity contribution in [1.29, 1.82) is 0 Å². The number of pyridine rings is 1. The van der Waals surface area contributed by atoms with Crippen molar-refractivity contribution in [2.45, 2.75) is 19.3 Å². The Morgan fingerprint density at radius 2 is 1.92 bits per heavy atom. The molecule has 0 spiro atoms. The van der Waals surface area contributed by atoms with Gasteiger partial charge in [-0.05, 0) is 54.7 Å². The van der Waals surface area contributed by atoms with Crippen LogP contribution in [0.1, 0.15) is 34.5 Å². The van der Waals surface area contributed by atoms with E-state index in [-0.39, 0.29) is 5.56 Å². The summed E-state index contributed by atoms with van der Waals surface area (Å²) in [4.78, 5) is 25.7. The Bertz CT molecular complexity index is 1590. The van der Waals surface area contributed by atoms with Crippen LogP contribution in [0.25, 0.3) is 27.9 Å². The number of carbonyl (C=O) groups is 1. The van der Waals surface area contributed by atoms with E-state index in [1.165, 1.54) is 12.1 Å². The third-order valence-corrected chi connectivity index (χ3v) is 6.75. The molecule has 0 radical (unpaired) electrons. The van der Waals surface area contributed by atoms with Crippen LogP contribution in [0.15, 0.2) is 67.1 Å². The Balaban J connectivity index is 1.22. The van der Waals surface area contributed by atoms with Gasteiger partial charge < -0.3 is 10.1 Å². The van der Waals surface area contributed by atoms with Gasteiger partial charge in [0.1, 0.15) is 11.5 Å². The molecule has 8 nitrogen and oxygen atoms in total. The van der Waals surface area contributed by atoms with Gasteiger partial charge in [0.15, 0.2) is 0 Å². The Hall–Kier alpha value is -4.24. The van der Waals surface area contributed by atoms with Crippen molar-refractivity contribution >= 4 is 22.6 Å². The first-order chi connectivity index (χ1) is 18.1. The van der Waals surface area contributed by atoms with Gasteiger partial charge in [0.25, 0.3) is 11.7 Å². The van der Waals surface area contributed by atoms with Crippen molar-refractivity contribution in [3.05, 3.63) is 89.8 Å². The third kappa shape index (κ3) is 4.90. The summed E-state index contributed by atoms with van der Waals surface area (Å²) in [6, 6.07) is 14.6. The molecule has 3 aromatic heterocycles. The van der Waals surface area contributed by atoms with Crippen LogP contribution in [-0.2, 0) is 11.2 Å².